The van der Waals surface area contributed by atoms with E-state index >= 15 is 0 Å². The Hall–Kier alpha value is -1.06. The first-order valence-electron chi connectivity index (χ1n) is 6.60. The third kappa shape index (κ3) is 5.52. The van der Waals surface area contributed by atoms with Crippen molar-refractivity contribution in [2.45, 2.75) is 32.8 Å². The molecule has 0 saturated heterocycles. The van der Waals surface area contributed by atoms with E-state index in [1.54, 1.807) is 7.11 Å². The average molecular weight is 251 g/mol. The fraction of sp³-hybridized carbons (Fsp3) is 0.600. The van der Waals surface area contributed by atoms with Crippen molar-refractivity contribution in [1.82, 2.24) is 0 Å². The Morgan fingerprint density at radius 3 is 2.33 bits per heavy atom. The minimum atomic E-state index is 0.296. The topological polar surface area (TPSA) is 44.5 Å². The van der Waals surface area contributed by atoms with Gasteiger partial charge in [-0.05, 0) is 56.8 Å². The molecule has 0 radical (unpaired) electrons. The molecule has 18 heavy (non-hydrogen) atoms. The summed E-state index contributed by atoms with van der Waals surface area (Å²) >= 11 is 0. The number of rotatable bonds is 8. The summed E-state index contributed by atoms with van der Waals surface area (Å²) in [6.07, 6.45) is 2.31. The zero-order valence-electron chi connectivity index (χ0n) is 11.7. The van der Waals surface area contributed by atoms with E-state index < -0.39 is 0 Å². The summed E-state index contributed by atoms with van der Waals surface area (Å²) < 4.78 is 10.7. The van der Waals surface area contributed by atoms with Crippen LogP contribution in [0, 0.1) is 5.92 Å². The van der Waals surface area contributed by atoms with Gasteiger partial charge in [-0.15, -0.1) is 0 Å². The van der Waals surface area contributed by atoms with Crippen molar-refractivity contribution < 1.29 is 9.47 Å². The van der Waals surface area contributed by atoms with Crippen LogP contribution in [0.1, 0.15) is 25.8 Å². The summed E-state index contributed by atoms with van der Waals surface area (Å²) in [5.41, 5.74) is 7.11. The second kappa shape index (κ2) is 8.11. The van der Waals surface area contributed by atoms with Gasteiger partial charge >= 0.3 is 0 Å². The molecule has 1 unspecified atom stereocenters. The van der Waals surface area contributed by atoms with Crippen molar-refractivity contribution in [1.29, 1.82) is 0 Å². The molecule has 0 spiro atoms. The molecular formula is C15H25NO2. The highest BCUT2D eigenvalue weighted by Gasteiger charge is 2.08. The number of hydrogen-bond donors (Lipinski definition) is 1. The normalized spacial score (nSPS) is 12.7. The van der Waals surface area contributed by atoms with Gasteiger partial charge in [-0.1, -0.05) is 12.1 Å². The minimum Gasteiger partial charge on any atom is -0.497 e. The average Bonchev–Trinajstić information content (AvgIpc) is 2.38. The van der Waals surface area contributed by atoms with Crippen molar-refractivity contribution in [2.75, 3.05) is 20.3 Å². The van der Waals surface area contributed by atoms with Crippen molar-refractivity contribution >= 4 is 0 Å². The van der Waals surface area contributed by atoms with E-state index in [1.807, 2.05) is 12.1 Å². The molecule has 0 amide bonds. The van der Waals surface area contributed by atoms with Gasteiger partial charge < -0.3 is 15.2 Å². The maximum atomic E-state index is 5.81. The van der Waals surface area contributed by atoms with Crippen molar-refractivity contribution in [2.24, 2.45) is 11.7 Å². The second-order valence-electron chi connectivity index (χ2n) is 4.86. The Labute approximate surface area is 110 Å². The monoisotopic (exact) mass is 251 g/mol. The lowest BCUT2D eigenvalue weighted by Crippen LogP contribution is -2.19. The predicted molar refractivity (Wildman–Crippen MR) is 74.9 cm³/mol. The molecule has 1 aromatic carbocycles. The molecule has 0 fully saturated rings. The lowest BCUT2D eigenvalue weighted by Gasteiger charge is -2.16. The quantitative estimate of drug-likeness (QED) is 0.772. The highest BCUT2D eigenvalue weighted by Crippen LogP contribution is 2.16. The molecule has 1 rings (SSSR count). The largest absolute Gasteiger partial charge is 0.497 e. The first-order chi connectivity index (χ1) is 8.65. The summed E-state index contributed by atoms with van der Waals surface area (Å²) in [6.45, 7) is 5.60. The van der Waals surface area contributed by atoms with E-state index in [9.17, 15) is 0 Å². The minimum absolute atomic E-state index is 0.296. The number of nitrogens with two attached hydrogens (primary N) is 1. The highest BCUT2D eigenvalue weighted by atomic mass is 16.5. The van der Waals surface area contributed by atoms with Crippen LogP contribution in [0.5, 0.6) is 5.75 Å². The standard InChI is InChI=1S/C15H25NO2/c1-12(2)18-9-8-14(11-16)10-13-4-6-15(17-3)7-5-13/h4-7,12,14H,8-11,16H2,1-3H3. The van der Waals surface area contributed by atoms with E-state index in [0.29, 0.717) is 18.6 Å². The molecule has 0 aliphatic carbocycles. The number of benzene rings is 1. The molecule has 0 bridgehead atoms. The molecule has 0 aliphatic rings. The summed E-state index contributed by atoms with van der Waals surface area (Å²) in [4.78, 5) is 0. The Morgan fingerprint density at radius 1 is 1.17 bits per heavy atom. The molecular weight excluding hydrogens is 226 g/mol. The lowest BCUT2D eigenvalue weighted by atomic mass is 9.96. The van der Waals surface area contributed by atoms with Crippen LogP contribution in [0.25, 0.3) is 0 Å². The van der Waals surface area contributed by atoms with E-state index in [1.165, 1.54) is 5.56 Å². The Balaban J connectivity index is 2.41. The van der Waals surface area contributed by atoms with Gasteiger partial charge in [0, 0.05) is 6.61 Å². The predicted octanol–water partition coefficient (Wildman–Crippen LogP) is 2.63. The van der Waals surface area contributed by atoms with Gasteiger partial charge in [0.25, 0.3) is 0 Å². The van der Waals surface area contributed by atoms with Crippen LogP contribution < -0.4 is 10.5 Å². The van der Waals surface area contributed by atoms with Crippen LogP contribution in [0.3, 0.4) is 0 Å². The van der Waals surface area contributed by atoms with E-state index in [0.717, 1.165) is 25.2 Å². The van der Waals surface area contributed by atoms with Crippen LogP contribution in [0.2, 0.25) is 0 Å². The first-order valence-corrected chi connectivity index (χ1v) is 6.60. The molecule has 3 heteroatoms. The van der Waals surface area contributed by atoms with Gasteiger partial charge in [0.1, 0.15) is 5.75 Å². The lowest BCUT2D eigenvalue weighted by molar-refractivity contribution is 0.0690. The zero-order valence-corrected chi connectivity index (χ0v) is 11.7. The first kappa shape index (κ1) is 15.0. The van der Waals surface area contributed by atoms with Gasteiger partial charge in [-0.25, -0.2) is 0 Å². The molecule has 0 heterocycles. The molecule has 1 aromatic rings. The number of ether oxygens (including phenoxy) is 2. The zero-order chi connectivity index (χ0) is 13.4. The third-order valence-electron chi connectivity index (χ3n) is 2.99. The molecule has 2 N–H and O–H groups in total. The van der Waals surface area contributed by atoms with Crippen LogP contribution in [-0.4, -0.2) is 26.4 Å². The van der Waals surface area contributed by atoms with Gasteiger partial charge in [-0.3, -0.25) is 0 Å². The van der Waals surface area contributed by atoms with Gasteiger partial charge in [0.05, 0.1) is 13.2 Å². The van der Waals surface area contributed by atoms with Crippen molar-refractivity contribution in [3.8, 4) is 5.75 Å². The second-order valence-corrected chi connectivity index (χ2v) is 4.86. The molecule has 0 aromatic heterocycles. The maximum Gasteiger partial charge on any atom is 0.118 e. The fourth-order valence-corrected chi connectivity index (χ4v) is 1.87. The van der Waals surface area contributed by atoms with Gasteiger partial charge in [0.15, 0.2) is 0 Å². The Morgan fingerprint density at radius 2 is 1.83 bits per heavy atom. The van der Waals surface area contributed by atoms with E-state index in [2.05, 4.69) is 26.0 Å². The molecule has 102 valence electrons. The highest BCUT2D eigenvalue weighted by molar-refractivity contribution is 5.27. The Bertz CT molecular complexity index is 322. The van der Waals surface area contributed by atoms with Gasteiger partial charge in [0.2, 0.25) is 0 Å². The van der Waals surface area contributed by atoms with Crippen LogP contribution in [-0.2, 0) is 11.2 Å². The molecule has 0 saturated carbocycles. The SMILES string of the molecule is COc1ccc(CC(CN)CCOC(C)C)cc1. The van der Waals surface area contributed by atoms with E-state index in [4.69, 9.17) is 15.2 Å². The van der Waals surface area contributed by atoms with Gasteiger partial charge in [-0.2, -0.15) is 0 Å². The Kier molecular flexibility index (Phi) is 6.76. The van der Waals surface area contributed by atoms with Crippen LogP contribution >= 0.6 is 0 Å². The van der Waals surface area contributed by atoms with Crippen LogP contribution in [0.4, 0.5) is 0 Å². The molecule has 3 nitrogen and oxygen atoms in total. The molecule has 1 atom stereocenters. The number of methoxy groups -OCH3 is 1. The number of hydrogen-bond acceptors (Lipinski definition) is 3. The fourth-order valence-electron chi connectivity index (χ4n) is 1.87. The summed E-state index contributed by atoms with van der Waals surface area (Å²) in [6, 6.07) is 8.19. The molecule has 0 aliphatic heterocycles. The maximum absolute atomic E-state index is 5.81. The summed E-state index contributed by atoms with van der Waals surface area (Å²) in [7, 11) is 1.68. The summed E-state index contributed by atoms with van der Waals surface area (Å²) in [5.74, 6) is 1.38. The third-order valence-corrected chi connectivity index (χ3v) is 2.99. The van der Waals surface area contributed by atoms with Crippen LogP contribution in [0.15, 0.2) is 24.3 Å². The van der Waals surface area contributed by atoms with Crippen molar-refractivity contribution in [3.05, 3.63) is 29.8 Å². The van der Waals surface area contributed by atoms with Crippen molar-refractivity contribution in [3.63, 3.8) is 0 Å². The van der Waals surface area contributed by atoms with E-state index in [-0.39, 0.29) is 0 Å². The summed E-state index contributed by atoms with van der Waals surface area (Å²) in [5, 5.41) is 0. The smallest absolute Gasteiger partial charge is 0.118 e.